The van der Waals surface area contributed by atoms with Crippen molar-refractivity contribution < 1.29 is 10.2 Å². The maximum absolute atomic E-state index is 10.2. The Labute approximate surface area is 132 Å². The van der Waals surface area contributed by atoms with Gasteiger partial charge >= 0.3 is 0 Å². The van der Waals surface area contributed by atoms with Crippen molar-refractivity contribution >= 4 is 15.9 Å². The summed E-state index contributed by atoms with van der Waals surface area (Å²) in [5, 5.41) is 19.4. The summed E-state index contributed by atoms with van der Waals surface area (Å²) in [4.78, 5) is 10.2. The third-order valence-corrected chi connectivity index (χ3v) is 3.44. The van der Waals surface area contributed by atoms with E-state index in [9.17, 15) is 10.2 Å². The summed E-state index contributed by atoms with van der Waals surface area (Å²) in [6.45, 7) is 1.56. The van der Waals surface area contributed by atoms with Crippen LogP contribution < -0.4 is 0 Å². The largest absolute Gasteiger partial charge is 0.395 e. The van der Waals surface area contributed by atoms with Crippen LogP contribution in [0.3, 0.4) is 0 Å². The lowest BCUT2D eigenvalue weighted by Crippen LogP contribution is -2.31. The molecule has 0 amide bonds. The quantitative estimate of drug-likeness (QED) is 0.795. The zero-order valence-corrected chi connectivity index (χ0v) is 13.1. The maximum atomic E-state index is 10.2. The number of hydrogen-bond acceptors (Lipinski definition) is 5. The number of benzene rings is 1. The van der Waals surface area contributed by atoms with E-state index in [0.717, 1.165) is 10.0 Å². The molecule has 0 saturated heterocycles. The molecule has 0 fully saturated rings. The van der Waals surface area contributed by atoms with Crippen molar-refractivity contribution in [3.8, 4) is 0 Å². The maximum Gasteiger partial charge on any atom is 0.158 e. The number of nitrogens with zero attached hydrogens (tertiary/aromatic N) is 3. The van der Waals surface area contributed by atoms with E-state index in [-0.39, 0.29) is 6.61 Å². The Balaban J connectivity index is 2.00. The molecule has 0 radical (unpaired) electrons. The first kappa shape index (κ1) is 16.0. The summed E-state index contributed by atoms with van der Waals surface area (Å²) in [5.41, 5.74) is 1.13. The second kappa shape index (κ2) is 8.19. The summed E-state index contributed by atoms with van der Waals surface area (Å²) in [6.07, 6.45) is 2.44. The van der Waals surface area contributed by atoms with E-state index in [1.165, 1.54) is 0 Å². The van der Waals surface area contributed by atoms with Gasteiger partial charge in [-0.25, -0.2) is 9.97 Å². The fourth-order valence-electron chi connectivity index (χ4n) is 2.04. The Hall–Kier alpha value is -1.34. The summed E-state index contributed by atoms with van der Waals surface area (Å²) < 4.78 is 0.773. The molecule has 1 aromatic heterocycles. The predicted molar refractivity (Wildman–Crippen MR) is 83.5 cm³/mol. The molecule has 5 nitrogen and oxygen atoms in total. The molecule has 1 unspecified atom stereocenters. The monoisotopic (exact) mass is 351 g/mol. The standard InChI is InChI=1S/C15H18BrN3O2/c16-13-8-17-15(18-9-13)14(21)11-19(6-7-20)10-12-4-2-1-3-5-12/h1-5,8-9,14,20-21H,6-7,10-11H2. The molecule has 1 aromatic carbocycles. The Morgan fingerprint density at radius 3 is 2.43 bits per heavy atom. The van der Waals surface area contributed by atoms with Crippen LogP contribution in [0, 0.1) is 0 Å². The van der Waals surface area contributed by atoms with Crippen molar-refractivity contribution in [3.63, 3.8) is 0 Å². The summed E-state index contributed by atoms with van der Waals surface area (Å²) >= 11 is 3.26. The minimum Gasteiger partial charge on any atom is -0.395 e. The molecular weight excluding hydrogens is 334 g/mol. The molecule has 2 N–H and O–H groups in total. The highest BCUT2D eigenvalue weighted by atomic mass is 79.9. The molecule has 21 heavy (non-hydrogen) atoms. The Morgan fingerprint density at radius 2 is 1.81 bits per heavy atom. The van der Waals surface area contributed by atoms with E-state index in [0.29, 0.717) is 25.5 Å². The summed E-state index contributed by atoms with van der Waals surface area (Å²) in [6, 6.07) is 9.95. The number of aliphatic hydroxyl groups excluding tert-OH is 2. The zero-order chi connectivity index (χ0) is 15.1. The lowest BCUT2D eigenvalue weighted by molar-refractivity contribution is 0.0899. The van der Waals surface area contributed by atoms with E-state index in [2.05, 4.69) is 25.9 Å². The van der Waals surface area contributed by atoms with Gasteiger partial charge in [-0.3, -0.25) is 4.90 Å². The van der Waals surface area contributed by atoms with Crippen molar-refractivity contribution in [2.24, 2.45) is 0 Å². The molecule has 2 rings (SSSR count). The normalized spacial score (nSPS) is 12.6. The van der Waals surface area contributed by atoms with Gasteiger partial charge in [0, 0.05) is 32.0 Å². The van der Waals surface area contributed by atoms with Crippen molar-refractivity contribution in [3.05, 3.63) is 58.6 Å². The van der Waals surface area contributed by atoms with Crippen LogP contribution in [0.5, 0.6) is 0 Å². The first-order valence-electron chi connectivity index (χ1n) is 6.71. The highest BCUT2D eigenvalue weighted by Gasteiger charge is 2.16. The van der Waals surface area contributed by atoms with Crippen molar-refractivity contribution in [1.29, 1.82) is 0 Å². The Kier molecular flexibility index (Phi) is 6.25. The van der Waals surface area contributed by atoms with E-state index >= 15 is 0 Å². The third kappa shape index (κ3) is 5.17. The predicted octanol–water partition coefficient (Wildman–Crippen LogP) is 1.77. The summed E-state index contributed by atoms with van der Waals surface area (Å²) in [7, 11) is 0. The van der Waals surface area contributed by atoms with Crippen molar-refractivity contribution in [1.82, 2.24) is 14.9 Å². The first-order valence-corrected chi connectivity index (χ1v) is 7.51. The van der Waals surface area contributed by atoms with Gasteiger partial charge in [-0.15, -0.1) is 0 Å². The van der Waals surface area contributed by atoms with Gasteiger partial charge in [0.25, 0.3) is 0 Å². The third-order valence-electron chi connectivity index (χ3n) is 3.03. The molecule has 0 aliphatic heterocycles. The molecule has 0 aliphatic rings. The SMILES string of the molecule is OCCN(Cc1ccccc1)CC(O)c1ncc(Br)cn1. The highest BCUT2D eigenvalue weighted by Crippen LogP contribution is 2.13. The Bertz CT molecular complexity index is 536. The van der Waals surface area contributed by atoms with E-state index in [1.54, 1.807) is 12.4 Å². The molecule has 2 aromatic rings. The average Bonchev–Trinajstić information content (AvgIpc) is 2.49. The number of aromatic nitrogens is 2. The molecule has 6 heteroatoms. The van der Waals surface area contributed by atoms with Gasteiger partial charge in [0.05, 0.1) is 11.1 Å². The van der Waals surface area contributed by atoms with Gasteiger partial charge in [0.2, 0.25) is 0 Å². The fraction of sp³-hybridized carbons (Fsp3) is 0.333. The van der Waals surface area contributed by atoms with Crippen molar-refractivity contribution in [2.45, 2.75) is 12.6 Å². The number of halogens is 1. The van der Waals surface area contributed by atoms with Crippen LogP contribution in [0.25, 0.3) is 0 Å². The van der Waals surface area contributed by atoms with E-state index < -0.39 is 6.10 Å². The first-order chi connectivity index (χ1) is 10.2. The van der Waals surface area contributed by atoms with Crippen molar-refractivity contribution in [2.75, 3.05) is 19.7 Å². The van der Waals surface area contributed by atoms with Gasteiger partial charge < -0.3 is 10.2 Å². The number of aliphatic hydroxyl groups is 2. The molecule has 0 bridgehead atoms. The van der Waals surface area contributed by atoms with Crippen LogP contribution in [0.4, 0.5) is 0 Å². The van der Waals surface area contributed by atoms with Crippen LogP contribution in [-0.2, 0) is 6.54 Å². The smallest absolute Gasteiger partial charge is 0.158 e. The van der Waals surface area contributed by atoms with Gasteiger partial charge in [-0.05, 0) is 21.5 Å². The van der Waals surface area contributed by atoms with Gasteiger partial charge in [0.1, 0.15) is 6.10 Å². The van der Waals surface area contributed by atoms with Crippen LogP contribution in [0.15, 0.2) is 47.2 Å². The zero-order valence-electron chi connectivity index (χ0n) is 11.6. The second-order valence-corrected chi connectivity index (χ2v) is 5.64. The van der Waals surface area contributed by atoms with E-state index in [4.69, 9.17) is 0 Å². The number of hydrogen-bond donors (Lipinski definition) is 2. The molecule has 1 heterocycles. The van der Waals surface area contributed by atoms with Crippen LogP contribution in [0.1, 0.15) is 17.5 Å². The van der Waals surface area contributed by atoms with Gasteiger partial charge in [-0.1, -0.05) is 30.3 Å². The topological polar surface area (TPSA) is 69.5 Å². The van der Waals surface area contributed by atoms with Crippen LogP contribution in [0.2, 0.25) is 0 Å². The molecule has 0 saturated carbocycles. The second-order valence-electron chi connectivity index (χ2n) is 4.72. The minimum absolute atomic E-state index is 0.0424. The molecular formula is C15H18BrN3O2. The van der Waals surface area contributed by atoms with Crippen LogP contribution >= 0.6 is 15.9 Å². The molecule has 0 aliphatic carbocycles. The lowest BCUT2D eigenvalue weighted by Gasteiger charge is -2.23. The Morgan fingerprint density at radius 1 is 1.14 bits per heavy atom. The molecule has 0 spiro atoms. The number of rotatable bonds is 7. The van der Waals surface area contributed by atoms with Crippen LogP contribution in [-0.4, -0.2) is 44.8 Å². The minimum atomic E-state index is -0.784. The van der Waals surface area contributed by atoms with Gasteiger partial charge in [0.15, 0.2) is 5.82 Å². The molecule has 112 valence electrons. The fourth-order valence-corrected chi connectivity index (χ4v) is 2.24. The molecule has 1 atom stereocenters. The lowest BCUT2D eigenvalue weighted by atomic mass is 10.2. The van der Waals surface area contributed by atoms with E-state index in [1.807, 2.05) is 35.2 Å². The summed E-state index contributed by atoms with van der Waals surface area (Å²) in [5.74, 6) is 0.384. The average molecular weight is 352 g/mol. The highest BCUT2D eigenvalue weighted by molar-refractivity contribution is 9.10. The van der Waals surface area contributed by atoms with Gasteiger partial charge in [-0.2, -0.15) is 0 Å².